The molecule has 6 heteroatoms. The van der Waals surface area contributed by atoms with Gasteiger partial charge in [0.05, 0.1) is 13.7 Å². The molecule has 1 aliphatic heterocycles. The molecule has 0 bridgehead atoms. The topological polar surface area (TPSA) is 65.0 Å². The maximum absolute atomic E-state index is 10.2. The maximum Gasteiger partial charge on any atom is 0.162 e. The highest BCUT2D eigenvalue weighted by Crippen LogP contribution is 2.34. The van der Waals surface area contributed by atoms with Gasteiger partial charge in [0, 0.05) is 42.3 Å². The van der Waals surface area contributed by atoms with Crippen molar-refractivity contribution in [3.05, 3.63) is 22.7 Å². The normalized spacial score (nSPS) is 18.4. The summed E-state index contributed by atoms with van der Waals surface area (Å²) in [6.07, 6.45) is 2.33. The number of rotatable bonds is 7. The maximum atomic E-state index is 10.2. The minimum absolute atomic E-state index is 0.0885. The van der Waals surface area contributed by atoms with E-state index in [2.05, 4.69) is 10.2 Å². The first kappa shape index (κ1) is 16.4. The minimum atomic E-state index is 0.0885. The van der Waals surface area contributed by atoms with Gasteiger partial charge in [0.2, 0.25) is 0 Å². The lowest BCUT2D eigenvalue weighted by atomic mass is 10.1. The molecule has 5 nitrogen and oxygen atoms in total. The second-order valence-corrected chi connectivity index (χ2v) is 5.80. The monoisotopic (exact) mass is 314 g/mol. The summed E-state index contributed by atoms with van der Waals surface area (Å²) in [4.78, 5) is 2.12. The number of aliphatic hydroxyl groups is 1. The molecule has 1 saturated heterocycles. The lowest BCUT2D eigenvalue weighted by Crippen LogP contribution is -2.38. The van der Waals surface area contributed by atoms with Crippen LogP contribution in [-0.4, -0.2) is 54.5 Å². The second kappa shape index (κ2) is 7.84. The van der Waals surface area contributed by atoms with Crippen LogP contribution in [0.2, 0.25) is 5.02 Å². The van der Waals surface area contributed by atoms with E-state index in [4.69, 9.17) is 16.3 Å². The Kier molecular flexibility index (Phi) is 6.11. The van der Waals surface area contributed by atoms with Gasteiger partial charge in [-0.3, -0.25) is 4.90 Å². The number of hydrogen-bond acceptors (Lipinski definition) is 5. The Morgan fingerprint density at radius 1 is 1.48 bits per heavy atom. The Bertz CT molecular complexity index is 464. The molecule has 1 atom stereocenters. The summed E-state index contributed by atoms with van der Waals surface area (Å²) in [5.41, 5.74) is 0.714. The number of methoxy groups -OCH3 is 1. The van der Waals surface area contributed by atoms with Crippen LogP contribution in [0.3, 0.4) is 0 Å². The fourth-order valence-corrected chi connectivity index (χ4v) is 2.98. The summed E-state index contributed by atoms with van der Waals surface area (Å²) in [7, 11) is 1.50. The lowest BCUT2D eigenvalue weighted by Gasteiger charge is -2.25. The Hall–Kier alpha value is -1.01. The predicted octanol–water partition coefficient (Wildman–Crippen LogP) is 1.60. The summed E-state index contributed by atoms with van der Waals surface area (Å²) in [5, 5.41) is 23.4. The molecule has 0 radical (unpaired) electrons. The average molecular weight is 315 g/mol. The molecule has 1 unspecified atom stereocenters. The molecule has 0 amide bonds. The number of hydrogen-bond donors (Lipinski definition) is 3. The molecule has 0 aliphatic carbocycles. The van der Waals surface area contributed by atoms with E-state index in [0.29, 0.717) is 35.5 Å². The van der Waals surface area contributed by atoms with Crippen molar-refractivity contribution in [3.8, 4) is 11.5 Å². The number of benzene rings is 1. The first-order valence-electron chi connectivity index (χ1n) is 7.26. The number of phenolic OH excluding ortho intramolecular Hbond substituents is 1. The van der Waals surface area contributed by atoms with E-state index in [1.807, 2.05) is 0 Å². The SMILES string of the molecule is COc1cc(Cl)cc(CN(CCO)CC2CCCN2)c1O. The number of aliphatic hydroxyl groups excluding tert-OH is 1. The predicted molar refractivity (Wildman–Crippen MR) is 83.1 cm³/mol. The van der Waals surface area contributed by atoms with Gasteiger partial charge < -0.3 is 20.3 Å². The van der Waals surface area contributed by atoms with Gasteiger partial charge in [-0.2, -0.15) is 0 Å². The molecule has 0 spiro atoms. The lowest BCUT2D eigenvalue weighted by molar-refractivity contribution is 0.177. The summed E-state index contributed by atoms with van der Waals surface area (Å²) in [5.74, 6) is 0.490. The number of ether oxygens (including phenoxy) is 1. The van der Waals surface area contributed by atoms with Crippen LogP contribution < -0.4 is 10.1 Å². The van der Waals surface area contributed by atoms with Crippen LogP contribution in [0.5, 0.6) is 11.5 Å². The van der Waals surface area contributed by atoms with Crippen molar-refractivity contribution < 1.29 is 14.9 Å². The quantitative estimate of drug-likeness (QED) is 0.713. The fraction of sp³-hybridized carbons (Fsp3) is 0.600. The minimum Gasteiger partial charge on any atom is -0.504 e. The summed E-state index contributed by atoms with van der Waals surface area (Å²) in [6, 6.07) is 3.78. The van der Waals surface area contributed by atoms with Crippen molar-refractivity contribution in [2.24, 2.45) is 0 Å². The Morgan fingerprint density at radius 3 is 2.90 bits per heavy atom. The molecular weight excluding hydrogens is 292 g/mol. The van der Waals surface area contributed by atoms with Gasteiger partial charge in [-0.05, 0) is 25.5 Å². The molecule has 3 N–H and O–H groups in total. The summed E-state index contributed by atoms with van der Waals surface area (Å²) in [6.45, 7) is 3.07. The molecule has 1 heterocycles. The van der Waals surface area contributed by atoms with Crippen LogP contribution in [0, 0.1) is 0 Å². The zero-order valence-corrected chi connectivity index (χ0v) is 13.1. The summed E-state index contributed by atoms with van der Waals surface area (Å²) >= 11 is 6.06. The van der Waals surface area contributed by atoms with Crippen LogP contribution in [0.4, 0.5) is 0 Å². The van der Waals surface area contributed by atoms with Crippen molar-refractivity contribution in [3.63, 3.8) is 0 Å². The molecule has 1 aliphatic rings. The van der Waals surface area contributed by atoms with Gasteiger partial charge in [-0.15, -0.1) is 0 Å². The zero-order valence-electron chi connectivity index (χ0n) is 12.3. The number of phenols is 1. The molecular formula is C15H23ClN2O3. The van der Waals surface area contributed by atoms with E-state index in [1.54, 1.807) is 12.1 Å². The van der Waals surface area contributed by atoms with Gasteiger partial charge in [-0.25, -0.2) is 0 Å². The first-order chi connectivity index (χ1) is 10.1. The van der Waals surface area contributed by atoms with Gasteiger partial charge in [0.1, 0.15) is 0 Å². The van der Waals surface area contributed by atoms with Crippen molar-refractivity contribution in [1.29, 1.82) is 0 Å². The highest BCUT2D eigenvalue weighted by Gasteiger charge is 2.19. The Labute approximate surface area is 130 Å². The molecule has 1 aromatic carbocycles. The third-order valence-corrected chi connectivity index (χ3v) is 4.01. The van der Waals surface area contributed by atoms with Crippen molar-refractivity contribution in [1.82, 2.24) is 10.2 Å². The number of nitrogens with one attached hydrogen (secondary N) is 1. The first-order valence-corrected chi connectivity index (χ1v) is 7.63. The third kappa shape index (κ3) is 4.48. The number of halogens is 1. The van der Waals surface area contributed by atoms with Crippen molar-refractivity contribution in [2.75, 3.05) is 33.4 Å². The average Bonchev–Trinajstić information content (AvgIpc) is 2.95. The molecule has 118 valence electrons. The number of nitrogens with zero attached hydrogens (tertiary/aromatic N) is 1. The van der Waals surface area contributed by atoms with Crippen molar-refractivity contribution >= 4 is 11.6 Å². The molecule has 21 heavy (non-hydrogen) atoms. The van der Waals surface area contributed by atoms with E-state index in [9.17, 15) is 10.2 Å². The zero-order chi connectivity index (χ0) is 15.2. The standard InChI is InChI=1S/C15H23ClN2O3/c1-21-14-8-12(16)7-11(15(14)20)9-18(5-6-19)10-13-3-2-4-17-13/h7-8,13,17,19-20H,2-6,9-10H2,1H3. The summed E-state index contributed by atoms with van der Waals surface area (Å²) < 4.78 is 5.13. The van der Waals surface area contributed by atoms with E-state index in [1.165, 1.54) is 13.5 Å². The van der Waals surface area contributed by atoms with Gasteiger partial charge in [-0.1, -0.05) is 11.6 Å². The van der Waals surface area contributed by atoms with Gasteiger partial charge >= 0.3 is 0 Å². The van der Waals surface area contributed by atoms with Crippen LogP contribution in [0.25, 0.3) is 0 Å². The van der Waals surface area contributed by atoms with Crippen LogP contribution in [0.1, 0.15) is 18.4 Å². The largest absolute Gasteiger partial charge is 0.504 e. The van der Waals surface area contributed by atoms with E-state index in [-0.39, 0.29) is 12.4 Å². The Balaban J connectivity index is 2.10. The highest BCUT2D eigenvalue weighted by molar-refractivity contribution is 6.30. The number of aromatic hydroxyl groups is 1. The molecule has 0 aromatic heterocycles. The van der Waals surface area contributed by atoms with E-state index in [0.717, 1.165) is 19.5 Å². The molecule has 1 aromatic rings. The van der Waals surface area contributed by atoms with Crippen LogP contribution >= 0.6 is 11.6 Å². The molecule has 1 fully saturated rings. The fourth-order valence-electron chi connectivity index (χ4n) is 2.75. The highest BCUT2D eigenvalue weighted by atomic mass is 35.5. The van der Waals surface area contributed by atoms with E-state index < -0.39 is 0 Å². The van der Waals surface area contributed by atoms with Crippen LogP contribution in [0.15, 0.2) is 12.1 Å². The molecule has 0 saturated carbocycles. The Morgan fingerprint density at radius 2 is 2.29 bits per heavy atom. The van der Waals surface area contributed by atoms with Gasteiger partial charge in [0.25, 0.3) is 0 Å². The third-order valence-electron chi connectivity index (χ3n) is 3.79. The smallest absolute Gasteiger partial charge is 0.162 e. The van der Waals surface area contributed by atoms with Gasteiger partial charge in [0.15, 0.2) is 11.5 Å². The van der Waals surface area contributed by atoms with Crippen LogP contribution in [-0.2, 0) is 6.54 Å². The van der Waals surface area contributed by atoms with E-state index >= 15 is 0 Å². The van der Waals surface area contributed by atoms with Crippen molar-refractivity contribution in [2.45, 2.75) is 25.4 Å². The molecule has 2 rings (SSSR count). The second-order valence-electron chi connectivity index (χ2n) is 5.37.